The van der Waals surface area contributed by atoms with E-state index in [2.05, 4.69) is 16.0 Å². The summed E-state index contributed by atoms with van der Waals surface area (Å²) in [6, 6.07) is 16.0. The standard InChI is InChI=1S/C19H19N3O3/c23-17-11-10-16(19(25)22-17)20-12-13-6-4-5-9-15(13)18(24)21-14-7-2-1-3-8-14/h1-9,16,20H,10-12H2,(H,21,24)(H,22,23,25)/t16-/m0/s1. The molecule has 3 N–H and O–H groups in total. The van der Waals surface area contributed by atoms with Crippen molar-refractivity contribution < 1.29 is 14.4 Å². The van der Waals surface area contributed by atoms with Crippen molar-refractivity contribution in [1.82, 2.24) is 10.6 Å². The molecule has 1 saturated heterocycles. The van der Waals surface area contributed by atoms with Gasteiger partial charge in [0.05, 0.1) is 6.04 Å². The third-order valence-corrected chi connectivity index (χ3v) is 4.07. The summed E-state index contributed by atoms with van der Waals surface area (Å²) < 4.78 is 0. The van der Waals surface area contributed by atoms with E-state index in [1.165, 1.54) is 0 Å². The molecule has 0 aromatic heterocycles. The average molecular weight is 337 g/mol. The summed E-state index contributed by atoms with van der Waals surface area (Å²) in [6.45, 7) is 0.366. The highest BCUT2D eigenvalue weighted by Gasteiger charge is 2.26. The molecule has 3 amide bonds. The lowest BCUT2D eigenvalue weighted by Gasteiger charge is -2.22. The van der Waals surface area contributed by atoms with Crippen LogP contribution in [0.15, 0.2) is 54.6 Å². The number of carbonyl (C=O) groups excluding carboxylic acids is 3. The molecule has 0 unspecified atom stereocenters. The van der Waals surface area contributed by atoms with Gasteiger partial charge in [-0.05, 0) is 30.2 Å². The summed E-state index contributed by atoms with van der Waals surface area (Å²) >= 11 is 0. The number of imide groups is 1. The first-order valence-corrected chi connectivity index (χ1v) is 8.15. The minimum Gasteiger partial charge on any atom is -0.322 e. The van der Waals surface area contributed by atoms with Gasteiger partial charge in [-0.2, -0.15) is 0 Å². The SMILES string of the molecule is O=C1CC[C@H](NCc2ccccc2C(=O)Nc2ccccc2)C(=O)N1. The number of para-hydroxylation sites is 1. The van der Waals surface area contributed by atoms with Crippen LogP contribution in [0.4, 0.5) is 5.69 Å². The molecule has 25 heavy (non-hydrogen) atoms. The predicted octanol–water partition coefficient (Wildman–Crippen LogP) is 1.83. The zero-order chi connectivity index (χ0) is 17.6. The second-order valence-corrected chi connectivity index (χ2v) is 5.86. The van der Waals surface area contributed by atoms with Crippen LogP contribution in [-0.2, 0) is 16.1 Å². The maximum absolute atomic E-state index is 12.5. The summed E-state index contributed by atoms with van der Waals surface area (Å²) in [7, 11) is 0. The van der Waals surface area contributed by atoms with E-state index in [0.717, 1.165) is 11.3 Å². The summed E-state index contributed by atoms with van der Waals surface area (Å²) in [6.07, 6.45) is 0.780. The minimum atomic E-state index is -0.428. The first-order valence-electron chi connectivity index (χ1n) is 8.15. The van der Waals surface area contributed by atoms with Crippen LogP contribution in [0.2, 0.25) is 0 Å². The molecule has 2 aromatic rings. The van der Waals surface area contributed by atoms with Crippen LogP contribution in [0.5, 0.6) is 0 Å². The molecule has 0 radical (unpaired) electrons. The Kier molecular flexibility index (Phi) is 5.20. The molecular weight excluding hydrogens is 318 g/mol. The quantitative estimate of drug-likeness (QED) is 0.727. The molecular formula is C19H19N3O3. The fourth-order valence-electron chi connectivity index (χ4n) is 2.74. The van der Waals surface area contributed by atoms with Crippen molar-refractivity contribution >= 4 is 23.4 Å². The third kappa shape index (κ3) is 4.30. The molecule has 1 aliphatic heterocycles. The largest absolute Gasteiger partial charge is 0.322 e. The van der Waals surface area contributed by atoms with Crippen molar-refractivity contribution in [3.8, 4) is 0 Å². The Hall–Kier alpha value is -2.99. The van der Waals surface area contributed by atoms with E-state index in [4.69, 9.17) is 0 Å². The highest BCUT2D eigenvalue weighted by molar-refractivity contribution is 6.05. The van der Waals surface area contributed by atoms with Crippen molar-refractivity contribution in [3.63, 3.8) is 0 Å². The Morgan fingerprint density at radius 2 is 1.76 bits per heavy atom. The van der Waals surface area contributed by atoms with E-state index in [0.29, 0.717) is 24.9 Å². The number of benzene rings is 2. The lowest BCUT2D eigenvalue weighted by Crippen LogP contribution is -2.50. The van der Waals surface area contributed by atoms with Crippen LogP contribution in [-0.4, -0.2) is 23.8 Å². The molecule has 2 aromatic carbocycles. The maximum atomic E-state index is 12.5. The van der Waals surface area contributed by atoms with Crippen molar-refractivity contribution in [2.75, 3.05) is 5.32 Å². The Bertz CT molecular complexity index is 790. The molecule has 1 atom stereocenters. The number of amides is 3. The van der Waals surface area contributed by atoms with Gasteiger partial charge < -0.3 is 10.6 Å². The second-order valence-electron chi connectivity index (χ2n) is 5.86. The molecule has 0 spiro atoms. The normalized spacial score (nSPS) is 17.0. The first-order chi connectivity index (χ1) is 12.1. The van der Waals surface area contributed by atoms with Gasteiger partial charge in [0.1, 0.15) is 0 Å². The van der Waals surface area contributed by atoms with Gasteiger partial charge in [0, 0.05) is 24.2 Å². The minimum absolute atomic E-state index is 0.202. The predicted molar refractivity (Wildman–Crippen MR) is 93.8 cm³/mol. The Morgan fingerprint density at radius 1 is 1.04 bits per heavy atom. The van der Waals surface area contributed by atoms with Gasteiger partial charge >= 0.3 is 0 Å². The molecule has 0 saturated carbocycles. The zero-order valence-electron chi connectivity index (χ0n) is 13.6. The van der Waals surface area contributed by atoms with Crippen LogP contribution in [0.25, 0.3) is 0 Å². The second kappa shape index (κ2) is 7.72. The molecule has 3 rings (SSSR count). The van der Waals surface area contributed by atoms with Gasteiger partial charge in [0.25, 0.3) is 5.91 Å². The van der Waals surface area contributed by atoms with Crippen molar-refractivity contribution in [2.45, 2.75) is 25.4 Å². The van der Waals surface area contributed by atoms with Gasteiger partial charge in [-0.1, -0.05) is 36.4 Å². The van der Waals surface area contributed by atoms with E-state index in [-0.39, 0.29) is 17.7 Å². The van der Waals surface area contributed by atoms with Crippen molar-refractivity contribution in [2.24, 2.45) is 0 Å². The summed E-state index contributed by atoms with van der Waals surface area (Å²) in [5.74, 6) is -0.764. The van der Waals surface area contributed by atoms with Gasteiger partial charge in [-0.3, -0.25) is 19.7 Å². The smallest absolute Gasteiger partial charge is 0.255 e. The Morgan fingerprint density at radius 3 is 2.52 bits per heavy atom. The van der Waals surface area contributed by atoms with E-state index >= 15 is 0 Å². The van der Waals surface area contributed by atoms with Crippen molar-refractivity contribution in [1.29, 1.82) is 0 Å². The van der Waals surface area contributed by atoms with Gasteiger partial charge in [-0.25, -0.2) is 0 Å². The number of nitrogens with one attached hydrogen (secondary N) is 3. The fraction of sp³-hybridized carbons (Fsp3) is 0.211. The van der Waals surface area contributed by atoms with E-state index in [1.54, 1.807) is 12.1 Å². The highest BCUT2D eigenvalue weighted by atomic mass is 16.2. The lowest BCUT2D eigenvalue weighted by atomic mass is 10.0. The summed E-state index contributed by atoms with van der Waals surface area (Å²) in [5.41, 5.74) is 2.06. The number of rotatable bonds is 5. The molecule has 6 nitrogen and oxygen atoms in total. The zero-order valence-corrected chi connectivity index (χ0v) is 13.6. The van der Waals surface area contributed by atoms with Crippen LogP contribution in [0.1, 0.15) is 28.8 Å². The van der Waals surface area contributed by atoms with Crippen LogP contribution < -0.4 is 16.0 Å². The van der Waals surface area contributed by atoms with E-state index in [1.807, 2.05) is 42.5 Å². The Balaban J connectivity index is 1.67. The topological polar surface area (TPSA) is 87.3 Å². The fourth-order valence-corrected chi connectivity index (χ4v) is 2.74. The monoisotopic (exact) mass is 337 g/mol. The van der Waals surface area contributed by atoms with Crippen LogP contribution in [0, 0.1) is 0 Å². The van der Waals surface area contributed by atoms with Gasteiger partial charge in [0.2, 0.25) is 11.8 Å². The Labute approximate surface area is 145 Å². The molecule has 1 aliphatic rings. The van der Waals surface area contributed by atoms with Crippen molar-refractivity contribution in [3.05, 3.63) is 65.7 Å². The summed E-state index contributed by atoms with van der Waals surface area (Å²) in [5, 5.41) is 8.30. The van der Waals surface area contributed by atoms with Crippen LogP contribution >= 0.6 is 0 Å². The number of carbonyl (C=O) groups is 3. The molecule has 6 heteroatoms. The molecule has 1 heterocycles. The van der Waals surface area contributed by atoms with Crippen LogP contribution in [0.3, 0.4) is 0 Å². The average Bonchev–Trinajstić information content (AvgIpc) is 2.62. The maximum Gasteiger partial charge on any atom is 0.255 e. The number of hydrogen-bond acceptors (Lipinski definition) is 4. The molecule has 128 valence electrons. The molecule has 0 bridgehead atoms. The van der Waals surface area contributed by atoms with Gasteiger partial charge in [0.15, 0.2) is 0 Å². The molecule has 0 aliphatic carbocycles. The van der Waals surface area contributed by atoms with E-state index < -0.39 is 6.04 Å². The first kappa shape index (κ1) is 16.9. The summed E-state index contributed by atoms with van der Waals surface area (Å²) in [4.78, 5) is 35.5. The third-order valence-electron chi connectivity index (χ3n) is 4.07. The molecule has 1 fully saturated rings. The number of hydrogen-bond donors (Lipinski definition) is 3. The van der Waals surface area contributed by atoms with Gasteiger partial charge in [-0.15, -0.1) is 0 Å². The number of piperidine rings is 1. The van der Waals surface area contributed by atoms with E-state index in [9.17, 15) is 14.4 Å². The number of anilines is 1. The lowest BCUT2D eigenvalue weighted by molar-refractivity contribution is -0.134. The highest BCUT2D eigenvalue weighted by Crippen LogP contribution is 2.14.